The van der Waals surface area contributed by atoms with Crippen LogP contribution in [0.5, 0.6) is 0 Å². The molecule has 0 radical (unpaired) electrons. The molecule has 0 amide bonds. The molecule has 0 aliphatic carbocycles. The number of carboxylic acid groups (broad SMARTS) is 2. The van der Waals surface area contributed by atoms with Gasteiger partial charge in [-0.05, 0) is 25.7 Å². The summed E-state index contributed by atoms with van der Waals surface area (Å²) in [5, 5.41) is 27.2. The van der Waals surface area contributed by atoms with Crippen molar-refractivity contribution >= 4 is 11.9 Å². The summed E-state index contributed by atoms with van der Waals surface area (Å²) in [7, 11) is 0. The van der Waals surface area contributed by atoms with Crippen molar-refractivity contribution in [3.05, 3.63) is 0 Å². The highest BCUT2D eigenvalue weighted by Gasteiger charge is 2.18. The van der Waals surface area contributed by atoms with E-state index >= 15 is 0 Å². The molecular weight excluding hydrogens is 248 g/mol. The van der Waals surface area contributed by atoms with Crippen LogP contribution in [0.1, 0.15) is 64.7 Å². The first-order valence-electron chi connectivity index (χ1n) is 7.10. The zero-order valence-corrected chi connectivity index (χ0v) is 11.7. The van der Waals surface area contributed by atoms with Crippen LogP contribution in [0.4, 0.5) is 0 Å². The van der Waals surface area contributed by atoms with Crippen molar-refractivity contribution in [1.29, 1.82) is 0 Å². The third-order valence-corrected chi connectivity index (χ3v) is 3.29. The molecule has 0 aromatic heterocycles. The van der Waals surface area contributed by atoms with Crippen molar-refractivity contribution in [2.45, 2.75) is 70.8 Å². The molecule has 0 heterocycles. The number of aliphatic hydroxyl groups excluding tert-OH is 1. The van der Waals surface area contributed by atoms with E-state index in [2.05, 4.69) is 6.92 Å². The number of unbranched alkanes of at least 4 members (excludes halogenated alkanes) is 2. The van der Waals surface area contributed by atoms with E-state index in [1.807, 2.05) is 0 Å². The second-order valence-corrected chi connectivity index (χ2v) is 5.05. The van der Waals surface area contributed by atoms with Crippen LogP contribution in [0, 0.1) is 5.92 Å². The lowest BCUT2D eigenvalue weighted by Gasteiger charge is -2.12. The van der Waals surface area contributed by atoms with E-state index < -0.39 is 17.9 Å². The van der Waals surface area contributed by atoms with Gasteiger partial charge in [0, 0.05) is 6.42 Å². The third kappa shape index (κ3) is 10.5. The topological polar surface area (TPSA) is 94.8 Å². The molecule has 0 aliphatic heterocycles. The maximum Gasteiger partial charge on any atom is 0.306 e. The van der Waals surface area contributed by atoms with E-state index in [1.165, 1.54) is 0 Å². The molecule has 2 atom stereocenters. The summed E-state index contributed by atoms with van der Waals surface area (Å²) in [5.41, 5.74) is 0. The van der Waals surface area contributed by atoms with Gasteiger partial charge in [-0.2, -0.15) is 0 Å². The fraction of sp³-hybridized carbons (Fsp3) is 0.857. The molecule has 5 heteroatoms. The number of carbonyl (C=O) groups is 2. The molecule has 0 saturated carbocycles. The summed E-state index contributed by atoms with van der Waals surface area (Å²) < 4.78 is 0. The Bertz CT molecular complexity index is 265. The van der Waals surface area contributed by atoms with Crippen LogP contribution in [0.25, 0.3) is 0 Å². The van der Waals surface area contributed by atoms with E-state index in [9.17, 15) is 14.7 Å². The van der Waals surface area contributed by atoms with Crippen LogP contribution >= 0.6 is 0 Å². The number of carboxylic acids is 2. The van der Waals surface area contributed by atoms with E-state index in [1.54, 1.807) is 0 Å². The Morgan fingerprint density at radius 2 is 1.53 bits per heavy atom. The Hall–Kier alpha value is -1.10. The average molecular weight is 274 g/mol. The Kier molecular flexibility index (Phi) is 10.2. The lowest BCUT2D eigenvalue weighted by atomic mass is 9.95. The highest BCUT2D eigenvalue weighted by Crippen LogP contribution is 2.17. The Morgan fingerprint density at radius 3 is 2.05 bits per heavy atom. The summed E-state index contributed by atoms with van der Waals surface area (Å²) in [4.78, 5) is 21.4. The first-order valence-corrected chi connectivity index (χ1v) is 7.10. The van der Waals surface area contributed by atoms with Gasteiger partial charge in [0.1, 0.15) is 0 Å². The monoisotopic (exact) mass is 274 g/mol. The summed E-state index contributed by atoms with van der Waals surface area (Å²) in [6.45, 7) is 2.08. The number of hydrogen-bond donors (Lipinski definition) is 3. The van der Waals surface area contributed by atoms with Gasteiger partial charge in [-0.1, -0.05) is 32.6 Å². The van der Waals surface area contributed by atoms with E-state index in [0.29, 0.717) is 12.8 Å². The second kappa shape index (κ2) is 10.8. The molecule has 0 aromatic carbocycles. The molecule has 3 N–H and O–H groups in total. The first kappa shape index (κ1) is 17.9. The van der Waals surface area contributed by atoms with E-state index in [0.717, 1.165) is 32.1 Å². The van der Waals surface area contributed by atoms with Gasteiger partial charge in [-0.25, -0.2) is 0 Å². The molecule has 0 spiro atoms. The van der Waals surface area contributed by atoms with Crippen LogP contribution in [0.3, 0.4) is 0 Å². The standard InChI is InChI=1S/C14H26O5/c1-2-3-7-12(15)8-5-4-6-11(14(18)19)9-10-13(16)17/h11-12,15H,2-10H2,1H3,(H,16,17)(H,18,19). The van der Waals surface area contributed by atoms with E-state index in [4.69, 9.17) is 10.2 Å². The first-order chi connectivity index (χ1) is 8.97. The van der Waals surface area contributed by atoms with Gasteiger partial charge in [0.05, 0.1) is 12.0 Å². The Morgan fingerprint density at radius 1 is 0.947 bits per heavy atom. The van der Waals surface area contributed by atoms with Gasteiger partial charge in [0.2, 0.25) is 0 Å². The Labute approximate surface area is 114 Å². The number of aliphatic carboxylic acids is 2. The van der Waals surface area contributed by atoms with Crippen molar-refractivity contribution in [2.24, 2.45) is 5.92 Å². The molecule has 112 valence electrons. The zero-order chi connectivity index (χ0) is 14.7. The Balaban J connectivity index is 3.75. The lowest BCUT2D eigenvalue weighted by molar-refractivity contribution is -0.143. The molecule has 0 saturated heterocycles. The predicted molar refractivity (Wildman–Crippen MR) is 72.0 cm³/mol. The van der Waals surface area contributed by atoms with Crippen LogP contribution < -0.4 is 0 Å². The minimum atomic E-state index is -0.957. The second-order valence-electron chi connectivity index (χ2n) is 5.05. The normalized spacial score (nSPS) is 14.0. The third-order valence-electron chi connectivity index (χ3n) is 3.29. The summed E-state index contributed by atoms with van der Waals surface area (Å²) in [5.74, 6) is -2.46. The molecule has 0 bridgehead atoms. The van der Waals surface area contributed by atoms with Crippen molar-refractivity contribution in [1.82, 2.24) is 0 Å². The highest BCUT2D eigenvalue weighted by atomic mass is 16.4. The van der Waals surface area contributed by atoms with Crippen LogP contribution in [0.15, 0.2) is 0 Å². The average Bonchev–Trinajstić information content (AvgIpc) is 2.34. The molecule has 0 rings (SSSR count). The van der Waals surface area contributed by atoms with Crippen molar-refractivity contribution in [3.63, 3.8) is 0 Å². The molecule has 5 nitrogen and oxygen atoms in total. The molecule has 19 heavy (non-hydrogen) atoms. The largest absolute Gasteiger partial charge is 0.481 e. The number of aliphatic hydroxyl groups is 1. The van der Waals surface area contributed by atoms with Gasteiger partial charge in [0.15, 0.2) is 0 Å². The van der Waals surface area contributed by atoms with Gasteiger partial charge in [0.25, 0.3) is 0 Å². The van der Waals surface area contributed by atoms with Gasteiger partial charge in [-0.15, -0.1) is 0 Å². The van der Waals surface area contributed by atoms with Gasteiger partial charge in [-0.3, -0.25) is 9.59 Å². The maximum atomic E-state index is 10.9. The quantitative estimate of drug-likeness (QED) is 0.475. The molecular formula is C14H26O5. The zero-order valence-electron chi connectivity index (χ0n) is 11.7. The number of hydrogen-bond acceptors (Lipinski definition) is 3. The van der Waals surface area contributed by atoms with Gasteiger partial charge < -0.3 is 15.3 Å². The van der Waals surface area contributed by atoms with Crippen molar-refractivity contribution in [2.75, 3.05) is 0 Å². The SMILES string of the molecule is CCCCC(O)CCCCC(CCC(=O)O)C(=O)O. The van der Waals surface area contributed by atoms with Crippen LogP contribution in [-0.2, 0) is 9.59 Å². The van der Waals surface area contributed by atoms with Crippen LogP contribution in [-0.4, -0.2) is 33.4 Å². The minimum absolute atomic E-state index is 0.101. The summed E-state index contributed by atoms with van der Waals surface area (Å²) >= 11 is 0. The highest BCUT2D eigenvalue weighted by molar-refractivity contribution is 5.72. The summed E-state index contributed by atoms with van der Waals surface area (Å²) in [6.07, 6.45) is 5.37. The maximum absolute atomic E-state index is 10.9. The van der Waals surface area contributed by atoms with Gasteiger partial charge >= 0.3 is 11.9 Å². The predicted octanol–water partition coefficient (Wildman–Crippen LogP) is 2.66. The van der Waals surface area contributed by atoms with E-state index in [-0.39, 0.29) is 18.9 Å². The van der Waals surface area contributed by atoms with Crippen molar-refractivity contribution in [3.8, 4) is 0 Å². The smallest absolute Gasteiger partial charge is 0.306 e. The van der Waals surface area contributed by atoms with Crippen LogP contribution in [0.2, 0.25) is 0 Å². The number of rotatable bonds is 12. The minimum Gasteiger partial charge on any atom is -0.481 e. The lowest BCUT2D eigenvalue weighted by Crippen LogP contribution is -2.15. The molecule has 0 aromatic rings. The molecule has 0 aliphatic rings. The molecule has 2 unspecified atom stereocenters. The summed E-state index contributed by atoms with van der Waals surface area (Å²) in [6, 6.07) is 0. The fourth-order valence-electron chi connectivity index (χ4n) is 2.04. The molecule has 0 fully saturated rings. The van der Waals surface area contributed by atoms with Crippen molar-refractivity contribution < 1.29 is 24.9 Å². The fourth-order valence-corrected chi connectivity index (χ4v) is 2.04.